The molecule has 3 aromatic heterocycles. The highest BCUT2D eigenvalue weighted by Gasteiger charge is 2.14. The smallest absolute Gasteiger partial charge is 0.214 e. The summed E-state index contributed by atoms with van der Waals surface area (Å²) in [4.78, 5) is 0. The molecule has 7 nitrogen and oxygen atoms in total. The minimum atomic E-state index is 0.598. The van der Waals surface area contributed by atoms with E-state index >= 15 is 0 Å². The Bertz CT molecular complexity index is 1090. The number of pyridine rings is 1. The molecule has 0 aliphatic rings. The van der Waals surface area contributed by atoms with Crippen LogP contribution in [0.1, 0.15) is 11.1 Å². The van der Waals surface area contributed by atoms with E-state index in [9.17, 15) is 5.26 Å². The van der Waals surface area contributed by atoms with E-state index in [1.165, 1.54) is 11.8 Å². The molecule has 8 heteroatoms. The van der Waals surface area contributed by atoms with E-state index in [2.05, 4.69) is 21.6 Å². The van der Waals surface area contributed by atoms with Crippen LogP contribution in [-0.4, -0.2) is 31.7 Å². The fourth-order valence-corrected chi connectivity index (χ4v) is 3.57. The third kappa shape index (κ3) is 2.89. The van der Waals surface area contributed by atoms with Crippen molar-refractivity contribution in [2.24, 2.45) is 0 Å². The number of hydrogen-bond acceptors (Lipinski definition) is 6. The second-order valence-electron chi connectivity index (χ2n) is 5.49. The zero-order valence-electron chi connectivity index (χ0n) is 13.9. The van der Waals surface area contributed by atoms with Crippen LogP contribution in [0, 0.1) is 11.3 Å². The molecule has 3 heterocycles. The minimum Gasteiger partial charge on any atom is -0.497 e. The maximum absolute atomic E-state index is 9.51. The van der Waals surface area contributed by atoms with Gasteiger partial charge in [-0.15, -0.1) is 5.10 Å². The summed E-state index contributed by atoms with van der Waals surface area (Å²) in [6, 6.07) is 15.6. The molecule has 1 aromatic carbocycles. The molecule has 26 heavy (non-hydrogen) atoms. The number of nitrogens with zero attached hydrogens (tertiary/aromatic N) is 6. The number of fused-ring (bicyclic) bond motifs is 1. The van der Waals surface area contributed by atoms with E-state index in [1.807, 2.05) is 59.3 Å². The van der Waals surface area contributed by atoms with Gasteiger partial charge in [0.15, 0.2) is 0 Å². The van der Waals surface area contributed by atoms with E-state index in [0.717, 1.165) is 22.5 Å². The second kappa shape index (κ2) is 6.90. The topological polar surface area (TPSA) is 81.0 Å². The first-order valence-corrected chi connectivity index (χ1v) is 8.83. The maximum atomic E-state index is 9.51. The van der Waals surface area contributed by atoms with E-state index in [1.54, 1.807) is 11.8 Å². The van der Waals surface area contributed by atoms with E-state index in [4.69, 9.17) is 4.74 Å². The van der Waals surface area contributed by atoms with Gasteiger partial charge in [-0.25, -0.2) is 0 Å². The van der Waals surface area contributed by atoms with Crippen LogP contribution in [0.15, 0.2) is 60.0 Å². The van der Waals surface area contributed by atoms with Crippen LogP contribution in [0.2, 0.25) is 0 Å². The van der Waals surface area contributed by atoms with Crippen LogP contribution in [0.25, 0.3) is 11.2 Å². The van der Waals surface area contributed by atoms with Crippen molar-refractivity contribution >= 4 is 17.3 Å². The third-order valence-corrected chi connectivity index (χ3v) is 4.96. The lowest BCUT2D eigenvalue weighted by Crippen LogP contribution is -1.99. The lowest BCUT2D eigenvalue weighted by atomic mass is 10.2. The van der Waals surface area contributed by atoms with E-state index < -0.39 is 0 Å². The van der Waals surface area contributed by atoms with Crippen molar-refractivity contribution in [1.29, 1.82) is 5.26 Å². The zero-order chi connectivity index (χ0) is 17.9. The van der Waals surface area contributed by atoms with Gasteiger partial charge in [0.25, 0.3) is 0 Å². The van der Waals surface area contributed by atoms with Crippen molar-refractivity contribution in [3.63, 3.8) is 0 Å². The monoisotopic (exact) mass is 362 g/mol. The second-order valence-corrected chi connectivity index (χ2v) is 6.44. The first kappa shape index (κ1) is 16.2. The van der Waals surface area contributed by atoms with Gasteiger partial charge >= 0.3 is 0 Å². The van der Waals surface area contributed by atoms with Gasteiger partial charge in [0.2, 0.25) is 5.16 Å². The number of methoxy groups -OCH3 is 1. The van der Waals surface area contributed by atoms with Crippen LogP contribution in [-0.2, 0) is 5.75 Å². The fraction of sp³-hybridized carbons (Fsp3) is 0.111. The minimum absolute atomic E-state index is 0.598. The number of rotatable bonds is 5. The summed E-state index contributed by atoms with van der Waals surface area (Å²) in [5, 5.41) is 22.1. The highest BCUT2D eigenvalue weighted by molar-refractivity contribution is 7.98. The van der Waals surface area contributed by atoms with Crippen LogP contribution in [0.5, 0.6) is 5.75 Å². The van der Waals surface area contributed by atoms with Gasteiger partial charge in [-0.2, -0.15) is 9.94 Å². The standard InChI is InChI=1S/C18H14N6OS/c1-25-15-7-5-14(6-8-15)24-18(20-21-22-24)26-12-13-11-23-9-3-2-4-17(23)16(13)10-19/h2-9,11H,12H2,1H3. The third-order valence-electron chi connectivity index (χ3n) is 3.99. The van der Waals surface area contributed by atoms with Crippen LogP contribution in [0.4, 0.5) is 0 Å². The predicted octanol–water partition coefficient (Wildman–Crippen LogP) is 3.09. The molecular weight excluding hydrogens is 348 g/mol. The molecule has 0 fully saturated rings. The van der Waals surface area contributed by atoms with Gasteiger partial charge < -0.3 is 9.14 Å². The maximum Gasteiger partial charge on any atom is 0.214 e. The highest BCUT2D eigenvalue weighted by atomic mass is 32.2. The number of hydrogen-bond donors (Lipinski definition) is 0. The molecule has 0 amide bonds. The first-order chi connectivity index (χ1) is 12.8. The summed E-state index contributed by atoms with van der Waals surface area (Å²) >= 11 is 1.49. The number of tetrazole rings is 1. The Hall–Kier alpha value is -3.31. The lowest BCUT2D eigenvalue weighted by Gasteiger charge is -2.05. The molecule has 4 rings (SSSR count). The molecule has 0 aliphatic carbocycles. The Morgan fingerprint density at radius 2 is 2.04 bits per heavy atom. The summed E-state index contributed by atoms with van der Waals surface area (Å²) in [7, 11) is 1.63. The quantitative estimate of drug-likeness (QED) is 0.508. The first-order valence-electron chi connectivity index (χ1n) is 7.84. The van der Waals surface area contributed by atoms with Crippen molar-refractivity contribution < 1.29 is 4.74 Å². The molecule has 0 saturated heterocycles. The number of benzene rings is 1. The Kier molecular flexibility index (Phi) is 4.29. The summed E-state index contributed by atoms with van der Waals surface area (Å²) in [6.07, 6.45) is 3.91. The molecule has 0 atom stereocenters. The van der Waals surface area contributed by atoms with Crippen molar-refractivity contribution in [3.05, 3.63) is 66.0 Å². The number of nitriles is 1. The fourth-order valence-electron chi connectivity index (χ4n) is 2.71. The molecule has 128 valence electrons. The summed E-state index contributed by atoms with van der Waals surface area (Å²) in [5.74, 6) is 1.37. The van der Waals surface area contributed by atoms with Crippen molar-refractivity contribution in [3.8, 4) is 17.5 Å². The summed E-state index contributed by atoms with van der Waals surface area (Å²) in [5.41, 5.74) is 3.38. The highest BCUT2D eigenvalue weighted by Crippen LogP contribution is 2.27. The molecule has 0 N–H and O–H groups in total. The Morgan fingerprint density at radius 3 is 2.81 bits per heavy atom. The zero-order valence-corrected chi connectivity index (χ0v) is 14.7. The Balaban J connectivity index is 1.60. The van der Waals surface area contributed by atoms with Crippen LogP contribution in [0.3, 0.4) is 0 Å². The largest absolute Gasteiger partial charge is 0.497 e. The van der Waals surface area contributed by atoms with E-state index in [-0.39, 0.29) is 0 Å². The summed E-state index contributed by atoms with van der Waals surface area (Å²) < 4.78 is 8.81. The average Bonchev–Trinajstić information content (AvgIpc) is 3.30. The molecular formula is C18H14N6OS. The van der Waals surface area contributed by atoms with Gasteiger partial charge in [-0.05, 0) is 52.4 Å². The van der Waals surface area contributed by atoms with Gasteiger partial charge in [0.1, 0.15) is 11.8 Å². The van der Waals surface area contributed by atoms with Gasteiger partial charge in [-0.3, -0.25) is 0 Å². The molecule has 0 aliphatic heterocycles. The molecule has 0 bridgehead atoms. The average molecular weight is 362 g/mol. The molecule has 4 aromatic rings. The Morgan fingerprint density at radius 1 is 1.19 bits per heavy atom. The predicted molar refractivity (Wildman–Crippen MR) is 97.4 cm³/mol. The Labute approximate surface area is 153 Å². The number of thioether (sulfide) groups is 1. The van der Waals surface area contributed by atoms with Crippen molar-refractivity contribution in [1.82, 2.24) is 24.6 Å². The number of ether oxygens (including phenoxy) is 1. The van der Waals surface area contributed by atoms with Gasteiger partial charge in [0, 0.05) is 18.1 Å². The van der Waals surface area contributed by atoms with Gasteiger partial charge in [-0.1, -0.05) is 17.8 Å². The van der Waals surface area contributed by atoms with Gasteiger partial charge in [0.05, 0.1) is 23.9 Å². The molecule has 0 unspecified atom stereocenters. The van der Waals surface area contributed by atoms with Crippen LogP contribution >= 0.6 is 11.8 Å². The van der Waals surface area contributed by atoms with Crippen molar-refractivity contribution in [2.75, 3.05) is 7.11 Å². The lowest BCUT2D eigenvalue weighted by molar-refractivity contribution is 0.414. The molecule has 0 spiro atoms. The molecule has 0 radical (unpaired) electrons. The SMILES string of the molecule is COc1ccc(-n2nnnc2SCc2cn3ccccc3c2C#N)cc1. The normalized spacial score (nSPS) is 10.8. The number of aromatic nitrogens is 5. The van der Waals surface area contributed by atoms with E-state index in [0.29, 0.717) is 16.5 Å². The van der Waals surface area contributed by atoms with Crippen molar-refractivity contribution in [2.45, 2.75) is 10.9 Å². The van der Waals surface area contributed by atoms with Crippen LogP contribution < -0.4 is 4.74 Å². The molecule has 0 saturated carbocycles. The summed E-state index contributed by atoms with van der Waals surface area (Å²) in [6.45, 7) is 0.